The van der Waals surface area contributed by atoms with Crippen LogP contribution in [0.3, 0.4) is 0 Å². The first-order valence-electron chi connectivity index (χ1n) is 9.91. The van der Waals surface area contributed by atoms with E-state index in [0.717, 1.165) is 49.4 Å². The Morgan fingerprint density at radius 3 is 2.74 bits per heavy atom. The average Bonchev–Trinajstić information content (AvgIpc) is 3.01. The van der Waals surface area contributed by atoms with Crippen molar-refractivity contribution in [2.24, 2.45) is 5.14 Å². The fourth-order valence-corrected chi connectivity index (χ4v) is 4.21. The van der Waals surface area contributed by atoms with Crippen LogP contribution < -0.4 is 15.2 Å². The summed E-state index contributed by atoms with van der Waals surface area (Å²) in [7, 11) is -2.56. The number of primary sulfonamides is 1. The van der Waals surface area contributed by atoms with Crippen molar-refractivity contribution in [3.63, 3.8) is 0 Å². The first-order chi connectivity index (χ1) is 14.9. The highest BCUT2D eigenvalue weighted by molar-refractivity contribution is 7.89. The molecule has 0 unspecified atom stereocenters. The summed E-state index contributed by atoms with van der Waals surface area (Å²) in [6.45, 7) is 0.867. The monoisotopic (exact) mass is 441 g/mol. The molecule has 0 saturated carbocycles. The average molecular weight is 442 g/mol. The van der Waals surface area contributed by atoms with Crippen LogP contribution in [0.4, 0.5) is 5.69 Å². The van der Waals surface area contributed by atoms with Gasteiger partial charge >= 0.3 is 0 Å². The molecule has 3 N–H and O–H groups in total. The zero-order valence-electron chi connectivity index (χ0n) is 17.0. The molecule has 3 aromatic rings. The third-order valence-corrected chi connectivity index (χ3v) is 6.14. The van der Waals surface area contributed by atoms with Gasteiger partial charge in [-0.1, -0.05) is 18.6 Å². The summed E-state index contributed by atoms with van der Waals surface area (Å²) in [5.74, 6) is 1.47. The highest BCUT2D eigenvalue weighted by Gasteiger charge is 2.19. The molecular weight excluding hydrogens is 418 g/mol. The molecule has 0 bridgehead atoms. The number of benzene rings is 2. The van der Waals surface area contributed by atoms with E-state index in [1.54, 1.807) is 6.07 Å². The van der Waals surface area contributed by atoms with Gasteiger partial charge in [-0.2, -0.15) is 0 Å². The minimum atomic E-state index is -3.96. The van der Waals surface area contributed by atoms with Crippen molar-refractivity contribution in [2.45, 2.75) is 37.1 Å². The topological polar surface area (TPSA) is 129 Å². The molecule has 0 fully saturated rings. The van der Waals surface area contributed by atoms with Gasteiger partial charge in [0, 0.05) is 24.2 Å². The molecule has 1 aliphatic rings. The predicted octanol–water partition coefficient (Wildman–Crippen LogP) is 2.58. The maximum atomic E-state index is 12.9. The van der Waals surface area contributed by atoms with Crippen LogP contribution in [0, 0.1) is 0 Å². The second-order valence-corrected chi connectivity index (χ2v) is 8.91. The zero-order valence-corrected chi connectivity index (χ0v) is 17.9. The van der Waals surface area contributed by atoms with Gasteiger partial charge in [0.25, 0.3) is 5.91 Å². The van der Waals surface area contributed by atoms with Crippen molar-refractivity contribution in [3.05, 3.63) is 53.9 Å². The quantitative estimate of drug-likeness (QED) is 0.626. The number of nitrogens with one attached hydrogen (secondary N) is 1. The van der Waals surface area contributed by atoms with E-state index in [4.69, 9.17) is 9.88 Å². The van der Waals surface area contributed by atoms with E-state index in [1.165, 1.54) is 25.3 Å². The summed E-state index contributed by atoms with van der Waals surface area (Å²) in [6, 6.07) is 11.2. The lowest BCUT2D eigenvalue weighted by Gasteiger charge is -2.12. The fourth-order valence-electron chi connectivity index (χ4n) is 3.67. The molecule has 1 aromatic heterocycles. The Morgan fingerprint density at radius 2 is 1.97 bits per heavy atom. The molecule has 2 aromatic carbocycles. The standard InChI is InChI=1S/C21H23N5O4S/c1-30-18-10-9-16(31(22,28)29)13-17(18)21(27)23-15-7-5-6-14(12-15)20-25-24-19-8-3-2-4-11-26(19)20/h5-7,9-10,12-13H,2-4,8,11H2,1H3,(H,23,27)(H2,22,28,29). The minimum Gasteiger partial charge on any atom is -0.496 e. The van der Waals surface area contributed by atoms with E-state index in [0.29, 0.717) is 5.69 Å². The molecule has 162 valence electrons. The van der Waals surface area contributed by atoms with Crippen LogP contribution in [0.1, 0.15) is 35.4 Å². The minimum absolute atomic E-state index is 0.0655. The molecule has 1 amide bonds. The van der Waals surface area contributed by atoms with Crippen LogP contribution in [0.2, 0.25) is 0 Å². The number of sulfonamides is 1. The Morgan fingerprint density at radius 1 is 1.13 bits per heavy atom. The van der Waals surface area contributed by atoms with Gasteiger partial charge in [-0.25, -0.2) is 13.6 Å². The van der Waals surface area contributed by atoms with Crippen molar-refractivity contribution >= 4 is 21.6 Å². The molecule has 31 heavy (non-hydrogen) atoms. The fraction of sp³-hybridized carbons (Fsp3) is 0.286. The van der Waals surface area contributed by atoms with Crippen molar-refractivity contribution < 1.29 is 17.9 Å². The molecule has 1 aliphatic heterocycles. The smallest absolute Gasteiger partial charge is 0.259 e. The van der Waals surface area contributed by atoms with Crippen molar-refractivity contribution in [3.8, 4) is 17.1 Å². The first-order valence-corrected chi connectivity index (χ1v) is 11.5. The number of nitrogens with zero attached hydrogens (tertiary/aromatic N) is 3. The number of anilines is 1. The van der Waals surface area contributed by atoms with Crippen LogP contribution >= 0.6 is 0 Å². The predicted molar refractivity (Wildman–Crippen MR) is 115 cm³/mol. The van der Waals surface area contributed by atoms with Crippen molar-refractivity contribution in [1.82, 2.24) is 14.8 Å². The summed E-state index contributed by atoms with van der Waals surface area (Å²) in [5.41, 5.74) is 1.44. The Hall–Kier alpha value is -3.24. The maximum absolute atomic E-state index is 12.9. The van der Waals surface area contributed by atoms with Gasteiger partial charge in [0.15, 0.2) is 5.82 Å². The number of hydrogen-bond acceptors (Lipinski definition) is 6. The van der Waals surface area contributed by atoms with Crippen LogP contribution in [0.25, 0.3) is 11.4 Å². The third-order valence-electron chi connectivity index (χ3n) is 5.23. The lowest BCUT2D eigenvalue weighted by Crippen LogP contribution is -2.16. The van der Waals surface area contributed by atoms with Gasteiger partial charge in [0.05, 0.1) is 17.6 Å². The Bertz CT molecular complexity index is 1240. The zero-order chi connectivity index (χ0) is 22.0. The van der Waals surface area contributed by atoms with Crippen LogP contribution in [0.5, 0.6) is 5.75 Å². The van der Waals surface area contributed by atoms with E-state index in [-0.39, 0.29) is 16.2 Å². The van der Waals surface area contributed by atoms with Gasteiger partial charge in [-0.05, 0) is 43.2 Å². The highest BCUT2D eigenvalue weighted by atomic mass is 32.2. The molecule has 2 heterocycles. The van der Waals surface area contributed by atoms with Crippen LogP contribution in [0.15, 0.2) is 47.4 Å². The Kier molecular flexibility index (Phi) is 5.75. The number of nitrogens with two attached hydrogens (primary N) is 1. The first kappa shape index (κ1) is 21.0. The van der Waals surface area contributed by atoms with E-state index in [2.05, 4.69) is 20.1 Å². The number of aryl methyl sites for hydroxylation is 1. The number of carbonyl (C=O) groups is 1. The summed E-state index contributed by atoms with van der Waals surface area (Å²) in [6.07, 6.45) is 4.25. The number of amides is 1. The second-order valence-electron chi connectivity index (χ2n) is 7.34. The molecule has 0 aliphatic carbocycles. The van der Waals surface area contributed by atoms with Gasteiger partial charge in [0.2, 0.25) is 10.0 Å². The molecule has 0 saturated heterocycles. The van der Waals surface area contributed by atoms with E-state index < -0.39 is 15.9 Å². The molecule has 0 radical (unpaired) electrons. The Labute approximate surface area is 180 Å². The molecule has 10 heteroatoms. The molecular formula is C21H23N5O4S. The Balaban J connectivity index is 1.63. The van der Waals surface area contributed by atoms with E-state index in [9.17, 15) is 13.2 Å². The summed E-state index contributed by atoms with van der Waals surface area (Å²) in [5, 5.41) is 16.7. The summed E-state index contributed by atoms with van der Waals surface area (Å²) in [4.78, 5) is 12.7. The van der Waals surface area contributed by atoms with Gasteiger partial charge in [0.1, 0.15) is 11.6 Å². The van der Waals surface area contributed by atoms with E-state index >= 15 is 0 Å². The number of ether oxygens (including phenoxy) is 1. The van der Waals surface area contributed by atoms with Gasteiger partial charge in [-0.15, -0.1) is 10.2 Å². The second kappa shape index (κ2) is 8.48. The lowest BCUT2D eigenvalue weighted by atomic mass is 10.1. The summed E-state index contributed by atoms with van der Waals surface area (Å²) >= 11 is 0. The summed E-state index contributed by atoms with van der Waals surface area (Å²) < 4.78 is 30.7. The SMILES string of the molecule is COc1ccc(S(N)(=O)=O)cc1C(=O)Nc1cccc(-c2nnc3n2CCCCC3)c1. The normalized spacial score (nSPS) is 13.9. The molecule has 4 rings (SSSR count). The van der Waals surface area contributed by atoms with Crippen molar-refractivity contribution in [1.29, 1.82) is 0 Å². The number of aromatic nitrogens is 3. The maximum Gasteiger partial charge on any atom is 0.259 e. The largest absolute Gasteiger partial charge is 0.496 e. The molecule has 9 nitrogen and oxygen atoms in total. The number of fused-ring (bicyclic) bond motifs is 1. The van der Waals surface area contributed by atoms with Gasteiger partial charge in [-0.3, -0.25) is 4.79 Å². The number of carbonyl (C=O) groups excluding carboxylic acids is 1. The van der Waals surface area contributed by atoms with Crippen molar-refractivity contribution in [2.75, 3.05) is 12.4 Å². The number of methoxy groups -OCH3 is 1. The van der Waals surface area contributed by atoms with Crippen LogP contribution in [-0.4, -0.2) is 36.2 Å². The molecule has 0 atom stereocenters. The highest BCUT2D eigenvalue weighted by Crippen LogP contribution is 2.27. The van der Waals surface area contributed by atoms with Gasteiger partial charge < -0.3 is 14.6 Å². The van der Waals surface area contributed by atoms with E-state index in [1.807, 2.05) is 18.2 Å². The van der Waals surface area contributed by atoms with Crippen LogP contribution in [-0.2, 0) is 23.0 Å². The number of hydrogen-bond donors (Lipinski definition) is 2. The molecule has 0 spiro atoms. The number of rotatable bonds is 5. The third kappa shape index (κ3) is 4.44. The lowest BCUT2D eigenvalue weighted by molar-refractivity contribution is 0.102.